The molecule has 2 heterocycles. The second-order valence-electron chi connectivity index (χ2n) is 5.26. The third-order valence-corrected chi connectivity index (χ3v) is 3.93. The van der Waals surface area contributed by atoms with Crippen molar-refractivity contribution in [3.05, 3.63) is 71.3 Å². The van der Waals surface area contributed by atoms with E-state index >= 15 is 0 Å². The van der Waals surface area contributed by atoms with Gasteiger partial charge in [-0.1, -0.05) is 37.3 Å². The number of benzene rings is 1. The van der Waals surface area contributed by atoms with Crippen LogP contribution in [0.5, 0.6) is 0 Å². The highest BCUT2D eigenvalue weighted by Gasteiger charge is 2.10. The van der Waals surface area contributed by atoms with Crippen LogP contribution in [0.25, 0.3) is 5.52 Å². The molecule has 102 valence electrons. The van der Waals surface area contributed by atoms with Gasteiger partial charge in [0, 0.05) is 18.6 Å². The average molecular weight is 264 g/mol. The summed E-state index contributed by atoms with van der Waals surface area (Å²) >= 11 is 0. The summed E-state index contributed by atoms with van der Waals surface area (Å²) in [5.41, 5.74) is 6.69. The van der Waals surface area contributed by atoms with Gasteiger partial charge in [0.25, 0.3) is 0 Å². The monoisotopic (exact) mass is 264 g/mol. The molecular formula is C18H20N2. The molecule has 0 aliphatic heterocycles. The number of hydrogen-bond acceptors (Lipinski definition) is 1. The first-order valence-corrected chi connectivity index (χ1v) is 7.27. The molecule has 0 spiro atoms. The van der Waals surface area contributed by atoms with Crippen molar-refractivity contribution in [1.29, 1.82) is 0 Å². The van der Waals surface area contributed by atoms with Gasteiger partial charge in [-0.3, -0.25) is 4.98 Å². The Balaban J connectivity index is 1.95. The summed E-state index contributed by atoms with van der Waals surface area (Å²) in [7, 11) is 0. The van der Waals surface area contributed by atoms with Crippen LogP contribution in [0.4, 0.5) is 0 Å². The number of fused-ring (bicyclic) bond motifs is 1. The fourth-order valence-corrected chi connectivity index (χ4v) is 2.93. The fraction of sp³-hybridized carbons (Fsp3) is 0.278. The van der Waals surface area contributed by atoms with Gasteiger partial charge in [0.05, 0.1) is 11.2 Å². The third kappa shape index (κ3) is 2.34. The van der Waals surface area contributed by atoms with Crippen molar-refractivity contribution in [1.82, 2.24) is 9.38 Å². The molecule has 0 amide bonds. The standard InChI is InChI=1S/C18H20N2/c1-3-16-14(2)13-20-12-11-19-17(18(16)20)10-9-15-7-5-4-6-8-15/h4-8,11-13H,3,9-10H2,1-2H3. The Bertz CT molecular complexity index is 711. The largest absolute Gasteiger partial charge is 0.320 e. The number of aromatic nitrogens is 2. The highest BCUT2D eigenvalue weighted by molar-refractivity contribution is 5.62. The van der Waals surface area contributed by atoms with Gasteiger partial charge < -0.3 is 4.40 Å². The van der Waals surface area contributed by atoms with Crippen molar-refractivity contribution >= 4 is 5.52 Å². The second-order valence-corrected chi connectivity index (χ2v) is 5.26. The van der Waals surface area contributed by atoms with Gasteiger partial charge in [0.15, 0.2) is 0 Å². The second kappa shape index (κ2) is 5.49. The van der Waals surface area contributed by atoms with Crippen molar-refractivity contribution in [2.45, 2.75) is 33.1 Å². The number of aryl methyl sites for hydroxylation is 4. The number of rotatable bonds is 4. The maximum atomic E-state index is 4.62. The Hall–Kier alpha value is -2.09. The van der Waals surface area contributed by atoms with E-state index in [0.717, 1.165) is 19.3 Å². The molecule has 0 unspecified atom stereocenters. The molecule has 1 aromatic carbocycles. The normalized spacial score (nSPS) is 11.1. The van der Waals surface area contributed by atoms with Gasteiger partial charge >= 0.3 is 0 Å². The minimum absolute atomic E-state index is 0.991. The molecule has 3 aromatic rings. The summed E-state index contributed by atoms with van der Waals surface area (Å²) in [5, 5.41) is 0. The molecule has 2 heteroatoms. The molecule has 3 rings (SSSR count). The van der Waals surface area contributed by atoms with Crippen molar-refractivity contribution < 1.29 is 0 Å². The van der Waals surface area contributed by atoms with Crippen LogP contribution in [-0.4, -0.2) is 9.38 Å². The van der Waals surface area contributed by atoms with Crippen molar-refractivity contribution in [2.24, 2.45) is 0 Å². The first kappa shape index (κ1) is 12.9. The van der Waals surface area contributed by atoms with E-state index in [2.05, 4.69) is 59.8 Å². The number of nitrogens with zero attached hydrogens (tertiary/aromatic N) is 2. The molecule has 0 saturated carbocycles. The first-order chi connectivity index (χ1) is 9.79. The van der Waals surface area contributed by atoms with Crippen molar-refractivity contribution in [3.63, 3.8) is 0 Å². The Morgan fingerprint density at radius 2 is 1.90 bits per heavy atom. The zero-order valence-corrected chi connectivity index (χ0v) is 12.1. The van der Waals surface area contributed by atoms with Gasteiger partial charge in [-0.2, -0.15) is 0 Å². The molecule has 0 atom stereocenters. The molecule has 0 radical (unpaired) electrons. The predicted molar refractivity (Wildman–Crippen MR) is 83.2 cm³/mol. The van der Waals surface area contributed by atoms with E-state index in [0.29, 0.717) is 0 Å². The maximum absolute atomic E-state index is 4.62. The van der Waals surface area contributed by atoms with E-state index in [1.165, 1.54) is 27.9 Å². The SMILES string of the molecule is CCc1c(C)cn2ccnc(CCc3ccccc3)c12. The van der Waals surface area contributed by atoms with Crippen LogP contribution < -0.4 is 0 Å². The van der Waals surface area contributed by atoms with E-state index < -0.39 is 0 Å². The smallest absolute Gasteiger partial charge is 0.0702 e. The van der Waals surface area contributed by atoms with Gasteiger partial charge in [0.1, 0.15) is 0 Å². The van der Waals surface area contributed by atoms with E-state index in [4.69, 9.17) is 0 Å². The maximum Gasteiger partial charge on any atom is 0.0702 e. The van der Waals surface area contributed by atoms with Crippen LogP contribution >= 0.6 is 0 Å². The summed E-state index contributed by atoms with van der Waals surface area (Å²) in [4.78, 5) is 4.62. The van der Waals surface area contributed by atoms with Gasteiger partial charge in [-0.25, -0.2) is 0 Å². The molecule has 20 heavy (non-hydrogen) atoms. The van der Waals surface area contributed by atoms with Gasteiger partial charge in [0.2, 0.25) is 0 Å². The Labute approximate surface area is 120 Å². The molecule has 0 fully saturated rings. The quantitative estimate of drug-likeness (QED) is 0.696. The first-order valence-electron chi connectivity index (χ1n) is 7.27. The van der Waals surface area contributed by atoms with E-state index in [-0.39, 0.29) is 0 Å². The van der Waals surface area contributed by atoms with Crippen LogP contribution in [0.1, 0.15) is 29.3 Å². The molecule has 0 saturated heterocycles. The van der Waals surface area contributed by atoms with Crippen LogP contribution in [0.15, 0.2) is 48.9 Å². The zero-order valence-electron chi connectivity index (χ0n) is 12.1. The highest BCUT2D eigenvalue weighted by Crippen LogP contribution is 2.22. The van der Waals surface area contributed by atoms with Crippen LogP contribution in [0, 0.1) is 6.92 Å². The Morgan fingerprint density at radius 3 is 2.65 bits per heavy atom. The lowest BCUT2D eigenvalue weighted by Gasteiger charge is -2.06. The lowest BCUT2D eigenvalue weighted by molar-refractivity contribution is 0.904. The van der Waals surface area contributed by atoms with Gasteiger partial charge in [-0.15, -0.1) is 0 Å². The molecule has 0 aliphatic carbocycles. The summed E-state index contributed by atoms with van der Waals surface area (Å²) in [5.74, 6) is 0. The predicted octanol–water partition coefficient (Wildman–Crippen LogP) is 3.99. The topological polar surface area (TPSA) is 17.3 Å². The van der Waals surface area contributed by atoms with Crippen molar-refractivity contribution in [3.8, 4) is 0 Å². The molecule has 2 nitrogen and oxygen atoms in total. The fourth-order valence-electron chi connectivity index (χ4n) is 2.93. The lowest BCUT2D eigenvalue weighted by atomic mass is 10.0. The summed E-state index contributed by atoms with van der Waals surface area (Å²) in [6, 6.07) is 10.6. The summed E-state index contributed by atoms with van der Waals surface area (Å²) < 4.78 is 2.22. The molecular weight excluding hydrogens is 244 g/mol. The Kier molecular flexibility index (Phi) is 3.55. The highest BCUT2D eigenvalue weighted by atomic mass is 14.9. The van der Waals surface area contributed by atoms with Crippen molar-refractivity contribution in [2.75, 3.05) is 0 Å². The van der Waals surface area contributed by atoms with Crippen LogP contribution in [0.2, 0.25) is 0 Å². The molecule has 0 N–H and O–H groups in total. The lowest BCUT2D eigenvalue weighted by Crippen LogP contribution is -1.99. The minimum atomic E-state index is 0.991. The molecule has 0 bridgehead atoms. The minimum Gasteiger partial charge on any atom is -0.320 e. The Morgan fingerprint density at radius 1 is 1.10 bits per heavy atom. The van der Waals surface area contributed by atoms with Gasteiger partial charge in [-0.05, 0) is 42.9 Å². The molecule has 2 aromatic heterocycles. The van der Waals surface area contributed by atoms with Crippen LogP contribution in [-0.2, 0) is 19.3 Å². The van der Waals surface area contributed by atoms with E-state index in [1.807, 2.05) is 12.4 Å². The zero-order chi connectivity index (χ0) is 13.9. The third-order valence-electron chi connectivity index (χ3n) is 3.93. The van der Waals surface area contributed by atoms with Crippen LogP contribution in [0.3, 0.4) is 0 Å². The summed E-state index contributed by atoms with van der Waals surface area (Å²) in [6.45, 7) is 4.41. The number of hydrogen-bond donors (Lipinski definition) is 0. The molecule has 0 aliphatic rings. The van der Waals surface area contributed by atoms with E-state index in [9.17, 15) is 0 Å². The van der Waals surface area contributed by atoms with E-state index in [1.54, 1.807) is 0 Å². The summed E-state index contributed by atoms with van der Waals surface area (Å²) in [6.07, 6.45) is 9.26. The average Bonchev–Trinajstić information content (AvgIpc) is 2.82.